The SMILES string of the molecule is N=c1c(C(N)=O)cc(Cl)cn1Cc1cccc(OC(F)F)c1. The number of hydrogen-bond donors (Lipinski definition) is 2. The molecule has 2 rings (SSSR count). The summed E-state index contributed by atoms with van der Waals surface area (Å²) in [5, 5.41) is 8.18. The number of benzene rings is 1. The second kappa shape index (κ2) is 6.57. The van der Waals surface area contributed by atoms with Gasteiger partial charge in [-0.1, -0.05) is 23.7 Å². The van der Waals surface area contributed by atoms with Crippen LogP contribution in [0.15, 0.2) is 36.5 Å². The van der Waals surface area contributed by atoms with Gasteiger partial charge in [0.1, 0.15) is 11.2 Å². The van der Waals surface area contributed by atoms with Gasteiger partial charge in [-0.2, -0.15) is 8.78 Å². The summed E-state index contributed by atoms with van der Waals surface area (Å²) in [5.74, 6) is -0.757. The number of pyridine rings is 1. The lowest BCUT2D eigenvalue weighted by molar-refractivity contribution is -0.0498. The fourth-order valence-corrected chi connectivity index (χ4v) is 2.17. The van der Waals surface area contributed by atoms with Crippen molar-refractivity contribution >= 4 is 17.5 Å². The van der Waals surface area contributed by atoms with E-state index >= 15 is 0 Å². The van der Waals surface area contributed by atoms with Gasteiger partial charge in [0.2, 0.25) is 0 Å². The Morgan fingerprint density at radius 2 is 2.14 bits per heavy atom. The molecule has 5 nitrogen and oxygen atoms in total. The molecular weight excluding hydrogens is 316 g/mol. The van der Waals surface area contributed by atoms with E-state index in [1.807, 2.05) is 0 Å². The predicted molar refractivity (Wildman–Crippen MR) is 76.0 cm³/mol. The van der Waals surface area contributed by atoms with Crippen LogP contribution < -0.4 is 16.0 Å². The van der Waals surface area contributed by atoms with E-state index in [1.54, 1.807) is 12.1 Å². The maximum Gasteiger partial charge on any atom is 0.387 e. The van der Waals surface area contributed by atoms with E-state index in [4.69, 9.17) is 22.7 Å². The summed E-state index contributed by atoms with van der Waals surface area (Å²) in [4.78, 5) is 11.3. The third kappa shape index (κ3) is 3.82. The number of alkyl halides is 2. The number of nitrogens with zero attached hydrogens (tertiary/aromatic N) is 1. The average Bonchev–Trinajstić information content (AvgIpc) is 2.42. The highest BCUT2D eigenvalue weighted by atomic mass is 35.5. The van der Waals surface area contributed by atoms with E-state index in [2.05, 4.69) is 4.74 Å². The molecule has 0 atom stereocenters. The zero-order valence-electron chi connectivity index (χ0n) is 11.2. The lowest BCUT2D eigenvalue weighted by Gasteiger charge is -2.11. The number of aromatic nitrogens is 1. The Labute approximate surface area is 129 Å². The number of amides is 1. The number of rotatable bonds is 5. The second-order valence-electron chi connectivity index (χ2n) is 4.44. The summed E-state index contributed by atoms with van der Waals surface area (Å²) in [7, 11) is 0. The van der Waals surface area contributed by atoms with Crippen LogP contribution in [0.5, 0.6) is 5.75 Å². The van der Waals surface area contributed by atoms with Gasteiger partial charge in [0.15, 0.2) is 0 Å². The number of hydrogen-bond acceptors (Lipinski definition) is 3. The summed E-state index contributed by atoms with van der Waals surface area (Å²) in [6.07, 6.45) is 1.46. The number of halogens is 3. The first-order valence-corrected chi connectivity index (χ1v) is 6.52. The largest absolute Gasteiger partial charge is 0.435 e. The Morgan fingerprint density at radius 3 is 2.77 bits per heavy atom. The molecule has 0 saturated heterocycles. The number of carbonyl (C=O) groups excluding carboxylic acids is 1. The van der Waals surface area contributed by atoms with Gasteiger partial charge in [0.05, 0.1) is 10.6 Å². The molecule has 0 saturated carbocycles. The summed E-state index contributed by atoms with van der Waals surface area (Å²) < 4.78 is 30.1. The fourth-order valence-electron chi connectivity index (χ4n) is 1.94. The van der Waals surface area contributed by atoms with Gasteiger partial charge >= 0.3 is 6.61 Å². The van der Waals surface area contributed by atoms with Crippen molar-refractivity contribution in [3.05, 3.63) is 58.2 Å². The minimum absolute atomic E-state index is 0.0109. The first kappa shape index (κ1) is 16.0. The minimum atomic E-state index is -2.91. The quantitative estimate of drug-likeness (QED) is 0.884. The molecule has 0 aliphatic carbocycles. The van der Waals surface area contributed by atoms with E-state index in [0.717, 1.165) is 0 Å². The standard InChI is InChI=1S/C14H12ClF2N3O2/c15-9-5-11(13(19)21)12(18)20(7-9)6-8-2-1-3-10(4-8)22-14(16)17/h1-5,7,14,18H,6H2,(H2,19,21). The Kier molecular flexibility index (Phi) is 4.77. The number of carbonyl (C=O) groups is 1. The minimum Gasteiger partial charge on any atom is -0.435 e. The third-order valence-electron chi connectivity index (χ3n) is 2.85. The summed E-state index contributed by atoms with van der Waals surface area (Å²) >= 11 is 5.90. The molecule has 0 fully saturated rings. The average molecular weight is 328 g/mol. The van der Waals surface area contributed by atoms with Gasteiger partial charge in [0, 0.05) is 12.7 Å². The first-order valence-electron chi connectivity index (χ1n) is 6.15. The van der Waals surface area contributed by atoms with Crippen LogP contribution in [0, 0.1) is 5.41 Å². The lowest BCUT2D eigenvalue weighted by Crippen LogP contribution is -2.29. The lowest BCUT2D eigenvalue weighted by atomic mass is 10.2. The second-order valence-corrected chi connectivity index (χ2v) is 4.88. The summed E-state index contributed by atoms with van der Waals surface area (Å²) in [5.41, 5.74) is 5.66. The van der Waals surface area contributed by atoms with E-state index < -0.39 is 12.5 Å². The molecule has 8 heteroatoms. The van der Waals surface area contributed by atoms with Gasteiger partial charge < -0.3 is 15.0 Å². The fraction of sp³-hybridized carbons (Fsp3) is 0.143. The first-order chi connectivity index (χ1) is 10.4. The molecule has 0 spiro atoms. The Morgan fingerprint density at radius 1 is 1.41 bits per heavy atom. The van der Waals surface area contributed by atoms with Gasteiger partial charge in [-0.25, -0.2) is 0 Å². The third-order valence-corrected chi connectivity index (χ3v) is 3.05. The Bertz CT molecular complexity index is 762. The van der Waals surface area contributed by atoms with Crippen molar-refractivity contribution in [1.82, 2.24) is 4.57 Å². The van der Waals surface area contributed by atoms with Crippen LogP contribution in [0.4, 0.5) is 8.78 Å². The molecule has 0 aliphatic heterocycles. The zero-order chi connectivity index (χ0) is 16.3. The van der Waals surface area contributed by atoms with Crippen LogP contribution in [-0.4, -0.2) is 17.1 Å². The van der Waals surface area contributed by atoms with E-state index in [0.29, 0.717) is 5.56 Å². The van der Waals surface area contributed by atoms with Crippen LogP contribution in [0.1, 0.15) is 15.9 Å². The van der Waals surface area contributed by atoms with E-state index in [1.165, 1.54) is 29.0 Å². The monoisotopic (exact) mass is 327 g/mol. The van der Waals surface area contributed by atoms with Crippen molar-refractivity contribution in [2.24, 2.45) is 5.73 Å². The Balaban J connectivity index is 2.35. The molecule has 116 valence electrons. The predicted octanol–water partition coefficient (Wildman–Crippen LogP) is 2.37. The zero-order valence-corrected chi connectivity index (χ0v) is 12.0. The van der Waals surface area contributed by atoms with Crippen molar-refractivity contribution in [2.45, 2.75) is 13.2 Å². The van der Waals surface area contributed by atoms with Crippen LogP contribution >= 0.6 is 11.6 Å². The molecule has 0 radical (unpaired) electrons. The highest BCUT2D eigenvalue weighted by Gasteiger charge is 2.10. The van der Waals surface area contributed by atoms with Crippen molar-refractivity contribution < 1.29 is 18.3 Å². The van der Waals surface area contributed by atoms with Crippen molar-refractivity contribution in [3.63, 3.8) is 0 Å². The molecule has 0 bridgehead atoms. The molecule has 22 heavy (non-hydrogen) atoms. The normalized spacial score (nSPS) is 10.7. The molecule has 1 aromatic heterocycles. The molecule has 1 amide bonds. The van der Waals surface area contributed by atoms with Crippen molar-refractivity contribution in [3.8, 4) is 5.75 Å². The number of nitrogens with one attached hydrogen (secondary N) is 1. The maximum atomic E-state index is 12.2. The molecule has 1 heterocycles. The van der Waals surface area contributed by atoms with Gasteiger partial charge in [-0.3, -0.25) is 10.2 Å². The van der Waals surface area contributed by atoms with Gasteiger partial charge in [-0.15, -0.1) is 0 Å². The number of ether oxygens (including phenoxy) is 1. The Hall–Kier alpha value is -2.41. The summed E-state index contributed by atoms with van der Waals surface area (Å²) in [6, 6.07) is 7.35. The highest BCUT2D eigenvalue weighted by Crippen LogP contribution is 2.17. The van der Waals surface area contributed by atoms with Crippen LogP contribution in [0.2, 0.25) is 5.02 Å². The van der Waals surface area contributed by atoms with E-state index in [-0.39, 0.29) is 28.4 Å². The van der Waals surface area contributed by atoms with Crippen LogP contribution in [-0.2, 0) is 6.54 Å². The molecule has 0 aliphatic rings. The highest BCUT2D eigenvalue weighted by molar-refractivity contribution is 6.30. The topological polar surface area (TPSA) is 81.1 Å². The summed E-state index contributed by atoms with van der Waals surface area (Å²) in [6.45, 7) is -2.76. The number of primary amides is 1. The number of nitrogens with two attached hydrogens (primary N) is 1. The van der Waals surface area contributed by atoms with Gasteiger partial charge in [-0.05, 0) is 23.8 Å². The maximum absolute atomic E-state index is 12.2. The van der Waals surface area contributed by atoms with Crippen LogP contribution in [0.25, 0.3) is 0 Å². The van der Waals surface area contributed by atoms with E-state index in [9.17, 15) is 13.6 Å². The molecule has 0 unspecified atom stereocenters. The molecule has 2 aromatic rings. The van der Waals surface area contributed by atoms with Crippen molar-refractivity contribution in [1.29, 1.82) is 5.41 Å². The molecule has 1 aromatic carbocycles. The molecular formula is C14H12ClF2N3O2. The smallest absolute Gasteiger partial charge is 0.387 e. The van der Waals surface area contributed by atoms with Crippen molar-refractivity contribution in [2.75, 3.05) is 0 Å². The van der Waals surface area contributed by atoms with Crippen LogP contribution in [0.3, 0.4) is 0 Å². The van der Waals surface area contributed by atoms with Gasteiger partial charge in [0.25, 0.3) is 5.91 Å². The molecule has 3 N–H and O–H groups in total.